The number of para-hydroxylation sites is 1. The molecular weight excluding hydrogens is 202 g/mol. The third-order valence-electron chi connectivity index (χ3n) is 2.62. The lowest BCUT2D eigenvalue weighted by Crippen LogP contribution is -1.83. The van der Waals surface area contributed by atoms with Crippen LogP contribution in [-0.4, -0.2) is 10.1 Å². The molecule has 4 nitrogen and oxygen atoms in total. The molecule has 0 fully saturated rings. The smallest absolute Gasteiger partial charge is 0.167 e. The number of fused-ring (bicyclic) bond motifs is 1. The van der Waals surface area contributed by atoms with Gasteiger partial charge >= 0.3 is 0 Å². The van der Waals surface area contributed by atoms with Gasteiger partial charge < -0.3 is 15.2 Å². The van der Waals surface area contributed by atoms with Crippen LogP contribution in [0.4, 0.5) is 5.82 Å². The summed E-state index contributed by atoms with van der Waals surface area (Å²) in [6.45, 7) is 0. The van der Waals surface area contributed by atoms with Crippen molar-refractivity contribution in [2.45, 2.75) is 6.42 Å². The zero-order valence-electron chi connectivity index (χ0n) is 8.60. The highest BCUT2D eigenvalue weighted by atomic mass is 16.5. The van der Waals surface area contributed by atoms with E-state index in [9.17, 15) is 0 Å². The summed E-state index contributed by atoms with van der Waals surface area (Å²) >= 11 is 0. The Labute approximate surface area is 92.0 Å². The number of anilines is 1. The van der Waals surface area contributed by atoms with Gasteiger partial charge in [0.2, 0.25) is 0 Å². The van der Waals surface area contributed by atoms with Gasteiger partial charge in [0.1, 0.15) is 5.76 Å². The van der Waals surface area contributed by atoms with Crippen molar-refractivity contribution in [3.05, 3.63) is 47.9 Å². The summed E-state index contributed by atoms with van der Waals surface area (Å²) in [5, 5.41) is 4.88. The number of nitrogen functional groups attached to an aromatic ring is 1. The van der Waals surface area contributed by atoms with Crippen LogP contribution in [0.25, 0.3) is 10.9 Å². The molecule has 3 N–H and O–H groups in total. The van der Waals surface area contributed by atoms with Crippen molar-refractivity contribution in [1.29, 1.82) is 0 Å². The molecule has 3 aromatic rings. The molecule has 0 radical (unpaired) electrons. The Balaban J connectivity index is 2.00. The molecule has 0 bridgehead atoms. The molecule has 0 atom stereocenters. The summed E-state index contributed by atoms with van der Waals surface area (Å²) in [5.41, 5.74) is 7.82. The highest BCUT2D eigenvalue weighted by Crippen LogP contribution is 2.21. The predicted molar refractivity (Wildman–Crippen MR) is 62.0 cm³/mol. The average Bonchev–Trinajstić information content (AvgIpc) is 2.87. The van der Waals surface area contributed by atoms with Gasteiger partial charge in [-0.3, -0.25) is 0 Å². The van der Waals surface area contributed by atoms with E-state index in [4.69, 9.17) is 10.3 Å². The van der Waals surface area contributed by atoms with Crippen LogP contribution in [0.15, 0.2) is 41.1 Å². The highest BCUT2D eigenvalue weighted by molar-refractivity contribution is 5.83. The third-order valence-corrected chi connectivity index (χ3v) is 2.62. The number of hydrogen-bond donors (Lipinski definition) is 2. The van der Waals surface area contributed by atoms with E-state index in [1.165, 1.54) is 10.9 Å². The quantitative estimate of drug-likeness (QED) is 0.686. The topological polar surface area (TPSA) is 67.8 Å². The second-order valence-corrected chi connectivity index (χ2v) is 3.75. The minimum absolute atomic E-state index is 0.426. The Kier molecular flexibility index (Phi) is 1.93. The van der Waals surface area contributed by atoms with Crippen LogP contribution < -0.4 is 5.73 Å². The van der Waals surface area contributed by atoms with Crippen molar-refractivity contribution in [1.82, 2.24) is 10.1 Å². The number of H-pyrrole nitrogens is 1. The summed E-state index contributed by atoms with van der Waals surface area (Å²) in [6.07, 6.45) is 2.69. The molecule has 1 aromatic carbocycles. The first kappa shape index (κ1) is 9.03. The van der Waals surface area contributed by atoms with Gasteiger partial charge in [0.05, 0.1) is 0 Å². The Morgan fingerprint density at radius 1 is 1.31 bits per heavy atom. The van der Waals surface area contributed by atoms with E-state index >= 15 is 0 Å². The van der Waals surface area contributed by atoms with Crippen molar-refractivity contribution >= 4 is 16.7 Å². The number of nitrogens with two attached hydrogens (primary N) is 1. The van der Waals surface area contributed by atoms with Gasteiger partial charge in [0.15, 0.2) is 5.82 Å². The van der Waals surface area contributed by atoms with Crippen molar-refractivity contribution < 1.29 is 4.52 Å². The average molecular weight is 213 g/mol. The Morgan fingerprint density at radius 3 is 3.00 bits per heavy atom. The lowest BCUT2D eigenvalue weighted by atomic mass is 10.1. The Morgan fingerprint density at radius 2 is 2.19 bits per heavy atom. The van der Waals surface area contributed by atoms with Crippen molar-refractivity contribution in [3.63, 3.8) is 0 Å². The molecule has 2 heterocycles. The first-order chi connectivity index (χ1) is 7.83. The van der Waals surface area contributed by atoms with Gasteiger partial charge in [0, 0.05) is 29.6 Å². The van der Waals surface area contributed by atoms with Crippen LogP contribution in [0.3, 0.4) is 0 Å². The SMILES string of the molecule is Nc1cc(Cc2c[nH]c3ccccc23)on1. The molecule has 0 saturated carbocycles. The summed E-state index contributed by atoms with van der Waals surface area (Å²) < 4.78 is 5.10. The van der Waals surface area contributed by atoms with Crippen molar-refractivity contribution in [2.75, 3.05) is 5.73 Å². The normalized spacial score (nSPS) is 11.0. The first-order valence-electron chi connectivity index (χ1n) is 5.09. The summed E-state index contributed by atoms with van der Waals surface area (Å²) in [7, 11) is 0. The van der Waals surface area contributed by atoms with E-state index < -0.39 is 0 Å². The van der Waals surface area contributed by atoms with E-state index in [0.717, 1.165) is 11.3 Å². The van der Waals surface area contributed by atoms with E-state index in [0.29, 0.717) is 12.2 Å². The van der Waals surface area contributed by atoms with E-state index in [1.807, 2.05) is 24.4 Å². The van der Waals surface area contributed by atoms with Gasteiger partial charge in [-0.15, -0.1) is 0 Å². The largest absolute Gasteiger partial charge is 0.381 e. The molecule has 80 valence electrons. The number of benzene rings is 1. The van der Waals surface area contributed by atoms with Crippen LogP contribution in [-0.2, 0) is 6.42 Å². The minimum Gasteiger partial charge on any atom is -0.381 e. The number of rotatable bonds is 2. The second-order valence-electron chi connectivity index (χ2n) is 3.75. The van der Waals surface area contributed by atoms with Crippen LogP contribution in [0.1, 0.15) is 11.3 Å². The van der Waals surface area contributed by atoms with E-state index in [-0.39, 0.29) is 0 Å². The van der Waals surface area contributed by atoms with Crippen LogP contribution in [0.2, 0.25) is 0 Å². The Bertz CT molecular complexity index is 624. The lowest BCUT2D eigenvalue weighted by molar-refractivity contribution is 0.392. The van der Waals surface area contributed by atoms with Crippen molar-refractivity contribution in [2.24, 2.45) is 0 Å². The number of nitrogens with one attached hydrogen (secondary N) is 1. The highest BCUT2D eigenvalue weighted by Gasteiger charge is 2.07. The first-order valence-corrected chi connectivity index (χ1v) is 5.09. The number of hydrogen-bond acceptors (Lipinski definition) is 3. The van der Waals surface area contributed by atoms with E-state index in [1.54, 1.807) is 6.07 Å². The standard InChI is InChI=1S/C12H11N3O/c13-12-6-9(16-15-12)5-8-7-14-11-4-2-1-3-10(8)11/h1-4,6-7,14H,5H2,(H2,13,15). The maximum atomic E-state index is 5.51. The summed E-state index contributed by atoms with van der Waals surface area (Å²) in [4.78, 5) is 3.22. The Hall–Kier alpha value is -2.23. The predicted octanol–water partition coefficient (Wildman–Crippen LogP) is 2.33. The van der Waals surface area contributed by atoms with Gasteiger partial charge in [-0.1, -0.05) is 23.4 Å². The molecule has 0 amide bonds. The fraction of sp³-hybridized carbons (Fsp3) is 0.0833. The van der Waals surface area contributed by atoms with Gasteiger partial charge in [0.25, 0.3) is 0 Å². The number of nitrogens with zero attached hydrogens (tertiary/aromatic N) is 1. The fourth-order valence-electron chi connectivity index (χ4n) is 1.88. The second kappa shape index (κ2) is 3.41. The molecule has 0 aliphatic carbocycles. The molecule has 3 rings (SSSR count). The molecule has 0 aliphatic heterocycles. The van der Waals surface area contributed by atoms with E-state index in [2.05, 4.69) is 16.2 Å². The fourth-order valence-corrected chi connectivity index (χ4v) is 1.88. The van der Waals surface area contributed by atoms with Crippen LogP contribution in [0, 0.1) is 0 Å². The molecule has 4 heteroatoms. The van der Waals surface area contributed by atoms with Gasteiger partial charge in [-0.25, -0.2) is 0 Å². The zero-order chi connectivity index (χ0) is 11.0. The maximum absolute atomic E-state index is 5.51. The number of aromatic nitrogens is 2. The monoisotopic (exact) mass is 213 g/mol. The minimum atomic E-state index is 0.426. The lowest BCUT2D eigenvalue weighted by Gasteiger charge is -1.94. The maximum Gasteiger partial charge on any atom is 0.167 e. The molecule has 16 heavy (non-hydrogen) atoms. The summed E-state index contributed by atoms with van der Waals surface area (Å²) in [6, 6.07) is 9.92. The third kappa shape index (κ3) is 1.44. The van der Waals surface area contributed by atoms with Gasteiger partial charge in [-0.05, 0) is 11.6 Å². The molecule has 2 aromatic heterocycles. The van der Waals surface area contributed by atoms with Crippen LogP contribution >= 0.6 is 0 Å². The summed E-state index contributed by atoms with van der Waals surface area (Å²) in [5.74, 6) is 1.21. The van der Waals surface area contributed by atoms with Crippen LogP contribution in [0.5, 0.6) is 0 Å². The molecule has 0 unspecified atom stereocenters. The molecule has 0 aliphatic rings. The molecular formula is C12H11N3O. The zero-order valence-corrected chi connectivity index (χ0v) is 8.60. The molecule has 0 saturated heterocycles. The van der Waals surface area contributed by atoms with Gasteiger partial charge in [-0.2, -0.15) is 0 Å². The van der Waals surface area contributed by atoms with Crippen molar-refractivity contribution in [3.8, 4) is 0 Å². The molecule has 0 spiro atoms. The number of aromatic amines is 1.